The first kappa shape index (κ1) is 16.3. The van der Waals surface area contributed by atoms with Crippen LogP contribution < -0.4 is 5.32 Å². The Morgan fingerprint density at radius 2 is 2.05 bits per heavy atom. The zero-order valence-corrected chi connectivity index (χ0v) is 14.7. The monoisotopic (exact) mass is 358 g/mol. The second-order valence-electron chi connectivity index (χ2n) is 5.95. The molecule has 1 N–H and O–H groups in total. The van der Waals surface area contributed by atoms with Crippen molar-refractivity contribution in [2.75, 3.05) is 19.6 Å². The van der Waals surface area contributed by atoms with Crippen molar-refractivity contribution in [3.8, 4) is 0 Å². The van der Waals surface area contributed by atoms with Gasteiger partial charge < -0.3 is 5.32 Å². The van der Waals surface area contributed by atoms with Gasteiger partial charge >= 0.3 is 0 Å². The maximum Gasteiger partial charge on any atom is 0.0417 e. The second-order valence-corrected chi connectivity index (χ2v) is 7.24. The maximum atomic E-state index is 6.02. The van der Waals surface area contributed by atoms with Crippen molar-refractivity contribution in [3.05, 3.63) is 33.3 Å². The third-order valence-electron chi connectivity index (χ3n) is 4.07. The molecule has 0 aliphatic carbocycles. The van der Waals surface area contributed by atoms with E-state index in [1.807, 2.05) is 12.1 Å². The highest BCUT2D eigenvalue weighted by atomic mass is 79.9. The summed E-state index contributed by atoms with van der Waals surface area (Å²) >= 11 is 9.65. The topological polar surface area (TPSA) is 15.3 Å². The molecular weight excluding hydrogens is 336 g/mol. The van der Waals surface area contributed by atoms with Crippen LogP contribution in [0.2, 0.25) is 5.02 Å². The van der Waals surface area contributed by atoms with Crippen LogP contribution in [0.15, 0.2) is 22.7 Å². The van der Waals surface area contributed by atoms with E-state index in [1.165, 1.54) is 38.0 Å². The third-order valence-corrected chi connectivity index (χ3v) is 5.04. The van der Waals surface area contributed by atoms with Crippen molar-refractivity contribution in [1.29, 1.82) is 0 Å². The molecule has 1 aliphatic rings. The third kappa shape index (κ3) is 4.73. The van der Waals surface area contributed by atoms with Crippen LogP contribution in [-0.2, 0) is 6.54 Å². The van der Waals surface area contributed by atoms with Crippen molar-refractivity contribution in [3.63, 3.8) is 0 Å². The van der Waals surface area contributed by atoms with Crippen molar-refractivity contribution < 1.29 is 0 Å². The number of nitrogens with one attached hydrogen (secondary N) is 1. The molecule has 1 aliphatic heterocycles. The van der Waals surface area contributed by atoms with Gasteiger partial charge in [-0.1, -0.05) is 33.6 Å². The Morgan fingerprint density at radius 3 is 2.65 bits per heavy atom. The van der Waals surface area contributed by atoms with Crippen molar-refractivity contribution in [2.45, 2.75) is 39.3 Å². The molecule has 1 heterocycles. The highest BCUT2D eigenvalue weighted by Crippen LogP contribution is 2.24. The normalized spacial score (nSPS) is 17.1. The fourth-order valence-corrected chi connectivity index (χ4v) is 3.53. The minimum atomic E-state index is 0.562. The molecular formula is C16H24BrClN2. The number of benzene rings is 1. The Kier molecular flexibility index (Phi) is 6.34. The molecule has 0 amide bonds. The first-order valence-electron chi connectivity index (χ1n) is 7.45. The van der Waals surface area contributed by atoms with E-state index >= 15 is 0 Å². The van der Waals surface area contributed by atoms with Gasteiger partial charge in [0.15, 0.2) is 0 Å². The molecule has 2 rings (SSSR count). The van der Waals surface area contributed by atoms with Gasteiger partial charge in [0.2, 0.25) is 0 Å². The van der Waals surface area contributed by atoms with Crippen LogP contribution in [0.3, 0.4) is 0 Å². The van der Waals surface area contributed by atoms with Crippen molar-refractivity contribution >= 4 is 27.5 Å². The number of nitrogens with zero attached hydrogens (tertiary/aromatic N) is 1. The van der Waals surface area contributed by atoms with E-state index in [-0.39, 0.29) is 0 Å². The molecule has 112 valence electrons. The zero-order valence-electron chi connectivity index (χ0n) is 12.3. The minimum absolute atomic E-state index is 0.562. The summed E-state index contributed by atoms with van der Waals surface area (Å²) < 4.78 is 1.11. The van der Waals surface area contributed by atoms with Crippen LogP contribution in [0.5, 0.6) is 0 Å². The van der Waals surface area contributed by atoms with Crippen LogP contribution in [0, 0.1) is 5.92 Å². The van der Waals surface area contributed by atoms with E-state index in [1.54, 1.807) is 0 Å². The largest absolute Gasteiger partial charge is 0.317 e. The summed E-state index contributed by atoms with van der Waals surface area (Å²) in [6, 6.07) is 6.65. The van der Waals surface area contributed by atoms with Crippen LogP contribution in [0.25, 0.3) is 0 Å². The molecule has 1 aromatic carbocycles. The lowest BCUT2D eigenvalue weighted by Crippen LogP contribution is -2.39. The molecule has 0 saturated carbocycles. The quantitative estimate of drug-likeness (QED) is 0.842. The summed E-state index contributed by atoms with van der Waals surface area (Å²) in [5.74, 6) is 0.824. The molecule has 0 unspecified atom stereocenters. The lowest BCUT2D eigenvalue weighted by Gasteiger charge is -2.33. The fourth-order valence-electron chi connectivity index (χ4n) is 2.72. The highest BCUT2D eigenvalue weighted by molar-refractivity contribution is 9.10. The number of piperidine rings is 1. The van der Waals surface area contributed by atoms with E-state index in [4.69, 9.17) is 11.6 Å². The fraction of sp³-hybridized carbons (Fsp3) is 0.625. The zero-order chi connectivity index (χ0) is 14.5. The minimum Gasteiger partial charge on any atom is -0.317 e. The highest BCUT2D eigenvalue weighted by Gasteiger charge is 2.19. The molecule has 1 aromatic rings. The van der Waals surface area contributed by atoms with Gasteiger partial charge in [-0.05, 0) is 63.4 Å². The molecule has 0 spiro atoms. The molecule has 4 heteroatoms. The molecule has 0 atom stereocenters. The van der Waals surface area contributed by atoms with E-state index < -0.39 is 0 Å². The van der Waals surface area contributed by atoms with Crippen LogP contribution >= 0.6 is 27.5 Å². The van der Waals surface area contributed by atoms with Crippen LogP contribution in [0.1, 0.15) is 32.3 Å². The summed E-state index contributed by atoms with van der Waals surface area (Å²) in [7, 11) is 0. The van der Waals surface area contributed by atoms with E-state index in [2.05, 4.69) is 46.1 Å². The first-order chi connectivity index (χ1) is 9.56. The molecule has 20 heavy (non-hydrogen) atoms. The Balaban J connectivity index is 2.01. The first-order valence-corrected chi connectivity index (χ1v) is 8.62. The lowest BCUT2D eigenvalue weighted by atomic mass is 9.97. The number of hydrogen-bond acceptors (Lipinski definition) is 2. The van der Waals surface area contributed by atoms with Crippen LogP contribution in [0.4, 0.5) is 0 Å². The molecule has 1 fully saturated rings. The summed E-state index contributed by atoms with van der Waals surface area (Å²) in [5.41, 5.74) is 1.32. The summed E-state index contributed by atoms with van der Waals surface area (Å²) in [6.45, 7) is 9.08. The van der Waals surface area contributed by atoms with Gasteiger partial charge in [0.1, 0.15) is 0 Å². The van der Waals surface area contributed by atoms with Crippen LogP contribution in [-0.4, -0.2) is 30.6 Å². The van der Waals surface area contributed by atoms with E-state index in [9.17, 15) is 0 Å². The Bertz CT molecular complexity index is 430. The number of rotatable bonds is 5. The van der Waals surface area contributed by atoms with Gasteiger partial charge in [-0.15, -0.1) is 0 Å². The predicted octanol–water partition coefficient (Wildman–Crippen LogP) is 4.31. The van der Waals surface area contributed by atoms with Gasteiger partial charge in [0, 0.05) is 28.6 Å². The smallest absolute Gasteiger partial charge is 0.0417 e. The SMILES string of the molecule is CC(C)N(Cc1ccc(Cl)cc1Br)CC1CCNCC1. The molecule has 2 nitrogen and oxygen atoms in total. The lowest BCUT2D eigenvalue weighted by molar-refractivity contribution is 0.161. The Morgan fingerprint density at radius 1 is 1.35 bits per heavy atom. The summed E-state index contributed by atoms with van der Waals surface area (Å²) in [6.07, 6.45) is 2.59. The molecule has 0 radical (unpaired) electrons. The van der Waals surface area contributed by atoms with Gasteiger partial charge in [-0.3, -0.25) is 4.90 Å². The Hall–Kier alpha value is -0.0900. The van der Waals surface area contributed by atoms with E-state index in [0.29, 0.717) is 6.04 Å². The Labute approximate surface area is 136 Å². The van der Waals surface area contributed by atoms with Gasteiger partial charge in [0.25, 0.3) is 0 Å². The predicted molar refractivity (Wildman–Crippen MR) is 90.3 cm³/mol. The van der Waals surface area contributed by atoms with Gasteiger partial charge in [-0.25, -0.2) is 0 Å². The average molecular weight is 360 g/mol. The number of hydrogen-bond donors (Lipinski definition) is 1. The number of halogens is 2. The summed E-state index contributed by atoms with van der Waals surface area (Å²) in [5, 5.41) is 4.23. The molecule has 0 aromatic heterocycles. The standard InChI is InChI=1S/C16H24BrClN2/c1-12(2)20(10-13-5-7-19-8-6-13)11-14-3-4-15(18)9-16(14)17/h3-4,9,12-13,19H,5-8,10-11H2,1-2H3. The van der Waals surface area contributed by atoms with Gasteiger partial charge in [-0.2, -0.15) is 0 Å². The average Bonchev–Trinajstić information content (AvgIpc) is 2.42. The van der Waals surface area contributed by atoms with E-state index in [0.717, 1.165) is 22.0 Å². The molecule has 0 bridgehead atoms. The maximum absolute atomic E-state index is 6.02. The second kappa shape index (κ2) is 7.79. The van der Waals surface area contributed by atoms with Crippen molar-refractivity contribution in [1.82, 2.24) is 10.2 Å². The van der Waals surface area contributed by atoms with Crippen molar-refractivity contribution in [2.24, 2.45) is 5.92 Å². The molecule has 1 saturated heterocycles. The summed E-state index contributed by atoms with van der Waals surface area (Å²) in [4.78, 5) is 2.57. The van der Waals surface area contributed by atoms with Gasteiger partial charge in [0.05, 0.1) is 0 Å².